The predicted octanol–water partition coefficient (Wildman–Crippen LogP) is 3.47. The summed E-state index contributed by atoms with van der Waals surface area (Å²) in [5.74, 6) is 0.924. The molecular weight excluding hydrogens is 463 g/mol. The van der Waals surface area contributed by atoms with Gasteiger partial charge in [-0.1, -0.05) is 6.07 Å². The smallest absolute Gasteiger partial charge is 0.407 e. The van der Waals surface area contributed by atoms with E-state index >= 15 is 0 Å². The summed E-state index contributed by atoms with van der Waals surface area (Å²) in [6.07, 6.45) is 1.51. The average molecular weight is 494 g/mol. The normalized spacial score (nSPS) is 17.6. The first-order valence-electron chi connectivity index (χ1n) is 8.92. The molecule has 6 nitrogen and oxygen atoms in total. The van der Waals surface area contributed by atoms with E-state index in [0.717, 1.165) is 45.0 Å². The van der Waals surface area contributed by atoms with Crippen molar-refractivity contribution in [2.45, 2.75) is 52.2 Å². The molecule has 1 fully saturated rings. The maximum absolute atomic E-state index is 11.9. The molecule has 1 saturated heterocycles. The molecule has 1 aromatic rings. The van der Waals surface area contributed by atoms with E-state index in [1.54, 1.807) is 11.3 Å². The Balaban J connectivity index is 0.00000338. The van der Waals surface area contributed by atoms with Gasteiger partial charge in [-0.2, -0.15) is 0 Å². The van der Waals surface area contributed by atoms with Crippen LogP contribution in [0.3, 0.4) is 0 Å². The van der Waals surface area contributed by atoms with Gasteiger partial charge in [-0.05, 0) is 45.6 Å². The summed E-state index contributed by atoms with van der Waals surface area (Å²) >= 11 is 1.77. The summed E-state index contributed by atoms with van der Waals surface area (Å²) in [5.41, 5.74) is -0.472. The zero-order valence-corrected chi connectivity index (χ0v) is 19.2. The van der Waals surface area contributed by atoms with Crippen molar-refractivity contribution in [2.75, 3.05) is 26.2 Å². The van der Waals surface area contributed by atoms with E-state index in [2.05, 4.69) is 40.0 Å². The molecule has 1 unspecified atom stereocenters. The van der Waals surface area contributed by atoms with Gasteiger partial charge in [0.2, 0.25) is 0 Å². The number of likely N-dealkylation sites (tertiary alicyclic amines) is 1. The van der Waals surface area contributed by atoms with Crippen molar-refractivity contribution in [1.82, 2.24) is 15.5 Å². The molecule has 0 aliphatic carbocycles. The molecule has 148 valence electrons. The van der Waals surface area contributed by atoms with E-state index in [-0.39, 0.29) is 36.1 Å². The van der Waals surface area contributed by atoms with Crippen LogP contribution < -0.4 is 10.6 Å². The van der Waals surface area contributed by atoms with Gasteiger partial charge in [0, 0.05) is 37.5 Å². The molecule has 1 atom stereocenters. The predicted molar refractivity (Wildman–Crippen MR) is 119 cm³/mol. The van der Waals surface area contributed by atoms with Crippen LogP contribution in [0.5, 0.6) is 0 Å². The maximum atomic E-state index is 11.9. The van der Waals surface area contributed by atoms with E-state index in [0.29, 0.717) is 0 Å². The van der Waals surface area contributed by atoms with Crippen LogP contribution in [-0.4, -0.2) is 54.8 Å². The largest absolute Gasteiger partial charge is 0.444 e. The number of rotatable bonds is 5. The Morgan fingerprint density at radius 2 is 2.23 bits per heavy atom. The van der Waals surface area contributed by atoms with Crippen LogP contribution in [0.15, 0.2) is 22.5 Å². The molecule has 2 N–H and O–H groups in total. The second-order valence-corrected chi connectivity index (χ2v) is 8.18. The van der Waals surface area contributed by atoms with Gasteiger partial charge in [-0.3, -0.25) is 4.99 Å². The van der Waals surface area contributed by atoms with Crippen LogP contribution in [0, 0.1) is 0 Å². The number of guanidine groups is 1. The molecule has 0 bridgehead atoms. The summed E-state index contributed by atoms with van der Waals surface area (Å²) in [5, 5.41) is 8.40. The van der Waals surface area contributed by atoms with Crippen molar-refractivity contribution in [1.29, 1.82) is 0 Å². The third kappa shape index (κ3) is 8.11. The molecule has 0 radical (unpaired) electrons. The minimum absolute atomic E-state index is 0. The van der Waals surface area contributed by atoms with Crippen molar-refractivity contribution in [3.05, 3.63) is 22.4 Å². The van der Waals surface area contributed by atoms with Crippen molar-refractivity contribution in [2.24, 2.45) is 4.99 Å². The molecule has 1 amide bonds. The Kier molecular flexibility index (Phi) is 9.70. The second-order valence-electron chi connectivity index (χ2n) is 7.14. The Morgan fingerprint density at radius 1 is 1.46 bits per heavy atom. The first kappa shape index (κ1) is 23.0. The zero-order chi connectivity index (χ0) is 18.3. The summed E-state index contributed by atoms with van der Waals surface area (Å²) in [6.45, 7) is 10.9. The number of alkyl carbamates (subject to hydrolysis) is 1. The van der Waals surface area contributed by atoms with Crippen molar-refractivity contribution < 1.29 is 9.53 Å². The van der Waals surface area contributed by atoms with E-state index < -0.39 is 5.60 Å². The number of thiophene rings is 1. The number of ether oxygens (including phenoxy) is 1. The minimum atomic E-state index is -0.472. The summed E-state index contributed by atoms with van der Waals surface area (Å²) < 4.78 is 5.34. The monoisotopic (exact) mass is 494 g/mol. The SMILES string of the molecule is CCNC(=NCCc1cccs1)N1CCC(NC(=O)OC(C)(C)C)C1.I. The van der Waals surface area contributed by atoms with Gasteiger partial charge in [-0.25, -0.2) is 4.79 Å². The van der Waals surface area contributed by atoms with Gasteiger partial charge in [-0.15, -0.1) is 35.3 Å². The van der Waals surface area contributed by atoms with Crippen LogP contribution >= 0.6 is 35.3 Å². The topological polar surface area (TPSA) is 66.0 Å². The number of hydrogen-bond donors (Lipinski definition) is 2. The van der Waals surface area contributed by atoms with Crippen LogP contribution in [0.1, 0.15) is 39.0 Å². The highest BCUT2D eigenvalue weighted by Gasteiger charge is 2.27. The number of aliphatic imine (C=N–C) groups is 1. The van der Waals surface area contributed by atoms with Crippen molar-refractivity contribution in [3.63, 3.8) is 0 Å². The highest BCUT2D eigenvalue weighted by atomic mass is 127. The Labute approximate surface area is 177 Å². The number of carbonyl (C=O) groups is 1. The summed E-state index contributed by atoms with van der Waals surface area (Å²) in [6, 6.07) is 4.31. The van der Waals surface area contributed by atoms with Gasteiger partial charge >= 0.3 is 6.09 Å². The molecular formula is C18H31IN4O2S. The standard InChI is InChI=1S/C18H30N4O2S.HI/c1-5-19-16(20-10-8-15-7-6-12-25-15)22-11-9-14(13-22)21-17(23)24-18(2,3)4;/h6-7,12,14H,5,8-11,13H2,1-4H3,(H,19,20)(H,21,23);1H. The second kappa shape index (κ2) is 11.0. The number of amides is 1. The number of nitrogens with one attached hydrogen (secondary N) is 2. The van der Waals surface area contributed by atoms with Gasteiger partial charge < -0.3 is 20.3 Å². The highest BCUT2D eigenvalue weighted by molar-refractivity contribution is 14.0. The number of halogens is 1. The number of hydrogen-bond acceptors (Lipinski definition) is 4. The molecule has 26 heavy (non-hydrogen) atoms. The van der Waals surface area contributed by atoms with Crippen LogP contribution in [-0.2, 0) is 11.2 Å². The minimum Gasteiger partial charge on any atom is -0.444 e. The summed E-state index contributed by atoms with van der Waals surface area (Å²) in [7, 11) is 0. The molecule has 2 rings (SSSR count). The first-order chi connectivity index (χ1) is 11.9. The summed E-state index contributed by atoms with van der Waals surface area (Å²) in [4.78, 5) is 20.2. The van der Waals surface area contributed by atoms with Crippen LogP contribution in [0.4, 0.5) is 4.79 Å². The lowest BCUT2D eigenvalue weighted by atomic mass is 10.2. The van der Waals surface area contributed by atoms with E-state index in [9.17, 15) is 4.79 Å². The number of carbonyl (C=O) groups excluding carboxylic acids is 1. The number of nitrogens with zero attached hydrogens (tertiary/aromatic N) is 2. The molecule has 0 spiro atoms. The van der Waals surface area contributed by atoms with Crippen LogP contribution in [0.2, 0.25) is 0 Å². The molecule has 1 aliphatic heterocycles. The zero-order valence-electron chi connectivity index (χ0n) is 16.1. The highest BCUT2D eigenvalue weighted by Crippen LogP contribution is 2.13. The van der Waals surface area contributed by atoms with Crippen molar-refractivity contribution in [3.8, 4) is 0 Å². The quantitative estimate of drug-likeness (QED) is 0.374. The lowest BCUT2D eigenvalue weighted by molar-refractivity contribution is 0.0507. The van der Waals surface area contributed by atoms with Gasteiger partial charge in [0.05, 0.1) is 6.04 Å². The molecule has 1 aromatic heterocycles. The third-order valence-corrected chi connectivity index (χ3v) is 4.68. The molecule has 1 aliphatic rings. The van der Waals surface area contributed by atoms with Crippen molar-refractivity contribution >= 4 is 47.4 Å². The molecule has 2 heterocycles. The fourth-order valence-corrected chi connectivity index (χ4v) is 3.40. The van der Waals surface area contributed by atoms with Gasteiger partial charge in [0.1, 0.15) is 5.60 Å². The Bertz CT molecular complexity index is 572. The molecule has 0 saturated carbocycles. The van der Waals surface area contributed by atoms with Crippen LogP contribution in [0.25, 0.3) is 0 Å². The lowest BCUT2D eigenvalue weighted by Gasteiger charge is -2.23. The first-order valence-corrected chi connectivity index (χ1v) is 9.80. The lowest BCUT2D eigenvalue weighted by Crippen LogP contribution is -2.44. The Morgan fingerprint density at radius 3 is 2.85 bits per heavy atom. The Hall–Kier alpha value is -1.03. The van der Waals surface area contributed by atoms with E-state index in [4.69, 9.17) is 9.73 Å². The maximum Gasteiger partial charge on any atom is 0.407 e. The van der Waals surface area contributed by atoms with Gasteiger partial charge in [0.25, 0.3) is 0 Å². The fourth-order valence-electron chi connectivity index (χ4n) is 2.70. The van der Waals surface area contributed by atoms with Gasteiger partial charge in [0.15, 0.2) is 5.96 Å². The third-order valence-electron chi connectivity index (χ3n) is 3.74. The fraction of sp³-hybridized carbons (Fsp3) is 0.667. The van der Waals surface area contributed by atoms with E-state index in [1.807, 2.05) is 20.8 Å². The molecule has 0 aromatic carbocycles. The average Bonchev–Trinajstić information content (AvgIpc) is 3.16. The van der Waals surface area contributed by atoms with E-state index in [1.165, 1.54) is 4.88 Å². The molecule has 8 heteroatoms.